The summed E-state index contributed by atoms with van der Waals surface area (Å²) in [6.45, 7) is 2.84. The molecule has 0 saturated carbocycles. The van der Waals surface area contributed by atoms with Crippen molar-refractivity contribution in [2.75, 3.05) is 6.54 Å². The first-order chi connectivity index (χ1) is 12.5. The highest BCUT2D eigenvalue weighted by atomic mass is 79.9. The maximum absolute atomic E-state index is 12.2. The van der Waals surface area contributed by atoms with Gasteiger partial charge in [-0.3, -0.25) is 9.69 Å². The molecule has 0 bridgehead atoms. The van der Waals surface area contributed by atoms with Crippen molar-refractivity contribution in [1.82, 2.24) is 10.2 Å². The first-order valence-electron chi connectivity index (χ1n) is 7.99. The van der Waals surface area contributed by atoms with Crippen LogP contribution >= 0.6 is 39.7 Å². The van der Waals surface area contributed by atoms with Crippen LogP contribution in [0.3, 0.4) is 0 Å². The molecule has 1 saturated heterocycles. The minimum Gasteiger partial charge on any atom is -0.487 e. The largest absolute Gasteiger partial charge is 0.487 e. The van der Waals surface area contributed by atoms with E-state index in [0.29, 0.717) is 34.7 Å². The summed E-state index contributed by atoms with van der Waals surface area (Å²) in [6, 6.07) is 13.3. The molecule has 1 amide bonds. The highest BCUT2D eigenvalue weighted by Crippen LogP contribution is 2.28. The summed E-state index contributed by atoms with van der Waals surface area (Å²) in [4.78, 5) is 13.7. The van der Waals surface area contributed by atoms with Gasteiger partial charge in [0.2, 0.25) is 0 Å². The molecule has 2 aromatic rings. The zero-order valence-electron chi connectivity index (χ0n) is 14.0. The lowest BCUT2D eigenvalue weighted by Gasteiger charge is -2.09. The third kappa shape index (κ3) is 4.26. The van der Waals surface area contributed by atoms with Gasteiger partial charge in [0.15, 0.2) is 5.11 Å². The number of nitrogens with one attached hydrogen (secondary N) is 1. The lowest BCUT2D eigenvalue weighted by molar-refractivity contribution is -0.122. The number of hydrogen-bond acceptors (Lipinski definition) is 3. The Bertz CT molecular complexity index is 884. The lowest BCUT2D eigenvalue weighted by atomic mass is 10.2. The van der Waals surface area contributed by atoms with Crippen LogP contribution in [-0.4, -0.2) is 22.5 Å². The second-order valence-corrected chi connectivity index (χ2v) is 7.35. The summed E-state index contributed by atoms with van der Waals surface area (Å²) < 4.78 is 6.80. The van der Waals surface area contributed by atoms with Gasteiger partial charge in [-0.2, -0.15) is 0 Å². The number of rotatable bonds is 5. The van der Waals surface area contributed by atoms with Gasteiger partial charge in [-0.05, 0) is 60.6 Å². The smallest absolute Gasteiger partial charge is 0.276 e. The Morgan fingerprint density at radius 2 is 2.00 bits per heavy atom. The van der Waals surface area contributed by atoms with E-state index >= 15 is 0 Å². The van der Waals surface area contributed by atoms with Gasteiger partial charge >= 0.3 is 0 Å². The molecule has 7 heteroatoms. The molecule has 0 aliphatic carbocycles. The molecule has 3 rings (SSSR count). The topological polar surface area (TPSA) is 41.6 Å². The molecule has 0 atom stereocenters. The van der Waals surface area contributed by atoms with Crippen LogP contribution < -0.4 is 10.1 Å². The van der Waals surface area contributed by atoms with E-state index in [0.717, 1.165) is 15.6 Å². The van der Waals surface area contributed by atoms with E-state index in [2.05, 4.69) is 21.2 Å². The van der Waals surface area contributed by atoms with Gasteiger partial charge in [-0.25, -0.2) is 0 Å². The molecule has 4 nitrogen and oxygen atoms in total. The van der Waals surface area contributed by atoms with Crippen molar-refractivity contribution in [2.24, 2.45) is 0 Å². The third-order valence-corrected chi connectivity index (χ3v) is 5.00. The van der Waals surface area contributed by atoms with Gasteiger partial charge in [0.05, 0.1) is 5.02 Å². The van der Waals surface area contributed by atoms with Crippen LogP contribution in [-0.2, 0) is 11.4 Å². The standard InChI is InChI=1S/C19H16BrClN2O2S/c1-2-23-18(24)16(22-19(23)26)10-13-5-8-17(15(21)9-13)25-11-12-3-6-14(20)7-4-12/h3-10H,2,11H2,1H3,(H,22,26). The van der Waals surface area contributed by atoms with E-state index < -0.39 is 0 Å². The van der Waals surface area contributed by atoms with Crippen molar-refractivity contribution in [3.63, 3.8) is 0 Å². The summed E-state index contributed by atoms with van der Waals surface area (Å²) in [5.74, 6) is 0.456. The number of likely N-dealkylation sites (N-methyl/N-ethyl adjacent to an activating group) is 1. The van der Waals surface area contributed by atoms with E-state index in [-0.39, 0.29) is 5.91 Å². The van der Waals surface area contributed by atoms with Crippen molar-refractivity contribution >= 4 is 56.8 Å². The number of hydrogen-bond donors (Lipinski definition) is 1. The van der Waals surface area contributed by atoms with Crippen LogP contribution in [0.25, 0.3) is 6.08 Å². The Kier molecular flexibility index (Phi) is 5.96. The third-order valence-electron chi connectivity index (χ3n) is 3.85. The molecule has 1 aliphatic heterocycles. The quantitative estimate of drug-likeness (QED) is 0.526. The summed E-state index contributed by atoms with van der Waals surface area (Å²) in [5.41, 5.74) is 2.28. The molecule has 1 aliphatic rings. The highest BCUT2D eigenvalue weighted by molar-refractivity contribution is 9.10. The molecular formula is C19H16BrClN2O2S. The van der Waals surface area contributed by atoms with E-state index in [4.69, 9.17) is 28.6 Å². The van der Waals surface area contributed by atoms with Crippen LogP contribution in [0.5, 0.6) is 5.75 Å². The molecule has 1 N–H and O–H groups in total. The van der Waals surface area contributed by atoms with Crippen LogP contribution in [0.2, 0.25) is 5.02 Å². The number of amides is 1. The van der Waals surface area contributed by atoms with Crippen LogP contribution in [0.15, 0.2) is 52.6 Å². The molecule has 26 heavy (non-hydrogen) atoms. The Morgan fingerprint density at radius 3 is 2.62 bits per heavy atom. The van der Waals surface area contributed by atoms with Crippen molar-refractivity contribution < 1.29 is 9.53 Å². The normalized spacial score (nSPS) is 15.5. The molecule has 1 fully saturated rings. The summed E-state index contributed by atoms with van der Waals surface area (Å²) in [5, 5.41) is 3.83. The molecule has 0 spiro atoms. The number of nitrogens with zero attached hydrogens (tertiary/aromatic N) is 1. The first kappa shape index (κ1) is 18.9. The number of benzene rings is 2. The maximum atomic E-state index is 12.2. The summed E-state index contributed by atoms with van der Waals surface area (Å²) in [6.07, 6.45) is 1.73. The summed E-state index contributed by atoms with van der Waals surface area (Å²) >= 11 is 14.9. The van der Waals surface area contributed by atoms with Gasteiger partial charge in [0.25, 0.3) is 5.91 Å². The summed E-state index contributed by atoms with van der Waals surface area (Å²) in [7, 11) is 0. The predicted molar refractivity (Wildman–Crippen MR) is 111 cm³/mol. The number of carbonyl (C=O) groups is 1. The van der Waals surface area contributed by atoms with E-state index in [1.165, 1.54) is 4.90 Å². The van der Waals surface area contributed by atoms with E-state index in [1.54, 1.807) is 18.2 Å². The van der Waals surface area contributed by atoms with Crippen molar-refractivity contribution in [2.45, 2.75) is 13.5 Å². The fourth-order valence-electron chi connectivity index (χ4n) is 2.49. The molecule has 2 aromatic carbocycles. The molecule has 1 heterocycles. The van der Waals surface area contributed by atoms with Crippen LogP contribution in [0.4, 0.5) is 0 Å². The first-order valence-corrected chi connectivity index (χ1v) is 9.57. The zero-order chi connectivity index (χ0) is 18.7. The van der Waals surface area contributed by atoms with Crippen LogP contribution in [0.1, 0.15) is 18.1 Å². The Balaban J connectivity index is 1.71. The predicted octanol–water partition coefficient (Wildman–Crippen LogP) is 4.76. The number of ether oxygens (including phenoxy) is 1. The Labute approximate surface area is 170 Å². The fourth-order valence-corrected chi connectivity index (χ4v) is 3.32. The van der Waals surface area contributed by atoms with E-state index in [1.807, 2.05) is 37.3 Å². The number of halogens is 2. The van der Waals surface area contributed by atoms with Crippen LogP contribution in [0, 0.1) is 0 Å². The zero-order valence-corrected chi connectivity index (χ0v) is 17.1. The minimum absolute atomic E-state index is 0.135. The second kappa shape index (κ2) is 8.20. The van der Waals surface area contributed by atoms with Gasteiger partial charge in [-0.1, -0.05) is 45.7 Å². The average Bonchev–Trinajstić information content (AvgIpc) is 2.88. The number of thiocarbonyl (C=S) groups is 1. The monoisotopic (exact) mass is 450 g/mol. The molecule has 0 unspecified atom stereocenters. The Morgan fingerprint density at radius 1 is 1.27 bits per heavy atom. The second-order valence-electron chi connectivity index (χ2n) is 5.64. The SMILES string of the molecule is CCN1C(=O)C(=Cc2ccc(OCc3ccc(Br)cc3)c(Cl)c2)NC1=S. The highest BCUT2D eigenvalue weighted by Gasteiger charge is 2.28. The van der Waals surface area contributed by atoms with Gasteiger partial charge in [0, 0.05) is 11.0 Å². The van der Waals surface area contributed by atoms with Gasteiger partial charge in [0.1, 0.15) is 18.1 Å². The van der Waals surface area contributed by atoms with E-state index in [9.17, 15) is 4.79 Å². The fraction of sp³-hybridized carbons (Fsp3) is 0.158. The molecule has 0 aromatic heterocycles. The van der Waals surface area contributed by atoms with Crippen molar-refractivity contribution in [3.05, 3.63) is 68.8 Å². The van der Waals surface area contributed by atoms with Gasteiger partial charge < -0.3 is 10.1 Å². The lowest BCUT2D eigenvalue weighted by Crippen LogP contribution is -2.30. The van der Waals surface area contributed by atoms with Gasteiger partial charge in [-0.15, -0.1) is 0 Å². The molecule has 0 radical (unpaired) electrons. The van der Waals surface area contributed by atoms with Crippen molar-refractivity contribution in [3.8, 4) is 5.75 Å². The number of carbonyl (C=O) groups excluding carboxylic acids is 1. The molecular weight excluding hydrogens is 436 g/mol. The average molecular weight is 452 g/mol. The van der Waals surface area contributed by atoms with Crippen molar-refractivity contribution in [1.29, 1.82) is 0 Å². The molecule has 134 valence electrons. The Hall–Kier alpha value is -1.89. The maximum Gasteiger partial charge on any atom is 0.276 e. The minimum atomic E-state index is -0.135.